The molecule has 0 aliphatic carbocycles. The van der Waals surface area contributed by atoms with E-state index < -0.39 is 11.8 Å². The number of rotatable bonds is 6. The van der Waals surface area contributed by atoms with Crippen molar-refractivity contribution in [2.75, 3.05) is 6.61 Å². The first-order chi connectivity index (χ1) is 14.2. The Hall–Kier alpha value is -3.67. The Morgan fingerprint density at radius 2 is 1.86 bits per heavy atom. The SMILES string of the molecule is CCOc1ccc2ccccc2c1C(=O)OCc1cc(-c2ccccc2F)on1. The number of aromatic nitrogens is 1. The second kappa shape index (κ2) is 8.14. The smallest absolute Gasteiger partial charge is 0.342 e. The van der Waals surface area contributed by atoms with Gasteiger partial charge >= 0.3 is 5.97 Å². The summed E-state index contributed by atoms with van der Waals surface area (Å²) < 4.78 is 30.2. The van der Waals surface area contributed by atoms with Crippen molar-refractivity contribution in [3.05, 3.63) is 83.8 Å². The lowest BCUT2D eigenvalue weighted by Crippen LogP contribution is -2.09. The van der Waals surface area contributed by atoms with E-state index in [-0.39, 0.29) is 12.4 Å². The summed E-state index contributed by atoms with van der Waals surface area (Å²) in [6.45, 7) is 2.17. The average Bonchev–Trinajstić information content (AvgIpc) is 3.21. The van der Waals surface area contributed by atoms with Crippen LogP contribution in [0.1, 0.15) is 23.0 Å². The number of hydrogen-bond acceptors (Lipinski definition) is 5. The highest BCUT2D eigenvalue weighted by molar-refractivity contribution is 6.07. The molecule has 5 nitrogen and oxygen atoms in total. The minimum Gasteiger partial charge on any atom is -0.493 e. The maximum atomic E-state index is 13.9. The Bertz CT molecular complexity index is 1170. The van der Waals surface area contributed by atoms with Gasteiger partial charge in [-0.15, -0.1) is 0 Å². The highest BCUT2D eigenvalue weighted by atomic mass is 19.1. The zero-order valence-electron chi connectivity index (χ0n) is 15.7. The summed E-state index contributed by atoms with van der Waals surface area (Å²) >= 11 is 0. The number of carbonyl (C=O) groups is 1. The fourth-order valence-corrected chi connectivity index (χ4v) is 3.12. The van der Waals surface area contributed by atoms with Crippen molar-refractivity contribution in [2.24, 2.45) is 0 Å². The van der Waals surface area contributed by atoms with Crippen LogP contribution in [0, 0.1) is 5.82 Å². The number of carbonyl (C=O) groups excluding carboxylic acids is 1. The van der Waals surface area contributed by atoms with Crippen molar-refractivity contribution >= 4 is 16.7 Å². The molecule has 4 aromatic rings. The largest absolute Gasteiger partial charge is 0.493 e. The van der Waals surface area contributed by atoms with Gasteiger partial charge in [0.15, 0.2) is 5.76 Å². The summed E-state index contributed by atoms with van der Waals surface area (Å²) in [5, 5.41) is 5.52. The molecule has 0 unspecified atom stereocenters. The second-order valence-electron chi connectivity index (χ2n) is 6.33. The quantitative estimate of drug-likeness (QED) is 0.413. The zero-order valence-corrected chi connectivity index (χ0v) is 15.7. The van der Waals surface area contributed by atoms with Crippen LogP contribution in [0.25, 0.3) is 22.1 Å². The number of benzene rings is 3. The van der Waals surface area contributed by atoms with Gasteiger partial charge in [-0.2, -0.15) is 0 Å². The monoisotopic (exact) mass is 391 g/mol. The van der Waals surface area contributed by atoms with E-state index >= 15 is 0 Å². The van der Waals surface area contributed by atoms with Crippen LogP contribution < -0.4 is 4.74 Å². The number of nitrogens with zero attached hydrogens (tertiary/aromatic N) is 1. The van der Waals surface area contributed by atoms with Crippen molar-refractivity contribution < 1.29 is 23.2 Å². The van der Waals surface area contributed by atoms with E-state index in [9.17, 15) is 9.18 Å². The molecule has 0 aliphatic rings. The van der Waals surface area contributed by atoms with Crippen molar-refractivity contribution in [3.63, 3.8) is 0 Å². The van der Waals surface area contributed by atoms with E-state index in [1.807, 2.05) is 37.3 Å². The van der Waals surface area contributed by atoms with E-state index in [2.05, 4.69) is 5.16 Å². The molecule has 6 heteroatoms. The third kappa shape index (κ3) is 3.82. The van der Waals surface area contributed by atoms with Crippen molar-refractivity contribution in [1.82, 2.24) is 5.16 Å². The minimum absolute atomic E-state index is 0.106. The van der Waals surface area contributed by atoms with Crippen LogP contribution in [0.3, 0.4) is 0 Å². The van der Waals surface area contributed by atoms with Gasteiger partial charge in [-0.3, -0.25) is 0 Å². The lowest BCUT2D eigenvalue weighted by atomic mass is 10.0. The van der Waals surface area contributed by atoms with Crippen LogP contribution in [-0.2, 0) is 11.3 Å². The van der Waals surface area contributed by atoms with Crippen molar-refractivity contribution in [2.45, 2.75) is 13.5 Å². The number of esters is 1. The van der Waals surface area contributed by atoms with E-state index in [1.165, 1.54) is 6.07 Å². The van der Waals surface area contributed by atoms with Gasteiger partial charge in [0.1, 0.15) is 29.4 Å². The topological polar surface area (TPSA) is 61.6 Å². The molecule has 0 bridgehead atoms. The summed E-state index contributed by atoms with van der Waals surface area (Å²) in [6.07, 6.45) is 0. The fourth-order valence-electron chi connectivity index (χ4n) is 3.12. The molecule has 29 heavy (non-hydrogen) atoms. The van der Waals surface area contributed by atoms with Gasteiger partial charge in [0.05, 0.1) is 12.2 Å². The number of halogens is 1. The van der Waals surface area contributed by atoms with Crippen LogP contribution in [-0.4, -0.2) is 17.7 Å². The predicted octanol–water partition coefficient (Wildman–Crippen LogP) is 5.39. The molecule has 4 rings (SSSR count). The van der Waals surface area contributed by atoms with Crippen molar-refractivity contribution in [3.8, 4) is 17.1 Å². The summed E-state index contributed by atoms with van der Waals surface area (Å²) in [4.78, 5) is 12.8. The first-order valence-electron chi connectivity index (χ1n) is 9.19. The van der Waals surface area contributed by atoms with Crippen molar-refractivity contribution in [1.29, 1.82) is 0 Å². The van der Waals surface area contributed by atoms with Crippen LogP contribution >= 0.6 is 0 Å². The second-order valence-corrected chi connectivity index (χ2v) is 6.33. The molecule has 1 heterocycles. The number of hydrogen-bond donors (Lipinski definition) is 0. The Kier molecular flexibility index (Phi) is 5.24. The molecule has 0 aliphatic heterocycles. The Morgan fingerprint density at radius 3 is 2.69 bits per heavy atom. The first kappa shape index (κ1) is 18.7. The van der Waals surface area contributed by atoms with Gasteiger partial charge in [-0.05, 0) is 35.9 Å². The van der Waals surface area contributed by atoms with E-state index in [0.717, 1.165) is 10.8 Å². The first-order valence-corrected chi connectivity index (χ1v) is 9.19. The molecule has 0 N–H and O–H groups in total. The highest BCUT2D eigenvalue weighted by Gasteiger charge is 2.19. The molecule has 0 saturated heterocycles. The van der Waals surface area contributed by atoms with Crippen LogP contribution in [0.15, 0.2) is 71.3 Å². The molecule has 1 aromatic heterocycles. The number of ether oxygens (including phenoxy) is 2. The summed E-state index contributed by atoms with van der Waals surface area (Å²) in [6, 6.07) is 19.0. The summed E-state index contributed by atoms with van der Waals surface area (Å²) in [5.74, 6) is -0.206. The molecule has 0 radical (unpaired) electrons. The van der Waals surface area contributed by atoms with Gasteiger partial charge in [0.2, 0.25) is 0 Å². The molecule has 0 spiro atoms. The number of fused-ring (bicyclic) bond motifs is 1. The molecule has 0 amide bonds. The lowest BCUT2D eigenvalue weighted by molar-refractivity contribution is 0.0462. The predicted molar refractivity (Wildman–Crippen MR) is 106 cm³/mol. The Balaban J connectivity index is 1.57. The van der Waals surface area contributed by atoms with Gasteiger partial charge in [-0.25, -0.2) is 9.18 Å². The molecule has 3 aromatic carbocycles. The third-order valence-corrected chi connectivity index (χ3v) is 4.44. The fraction of sp³-hybridized carbons (Fsp3) is 0.130. The van der Waals surface area contributed by atoms with E-state index in [1.54, 1.807) is 30.3 Å². The highest BCUT2D eigenvalue weighted by Crippen LogP contribution is 2.29. The lowest BCUT2D eigenvalue weighted by Gasteiger charge is -2.12. The standard InChI is InChI=1S/C23H18FNO4/c1-2-27-20-12-11-15-7-3-4-8-17(15)22(20)23(26)28-14-16-13-21(29-25-16)18-9-5-6-10-19(18)24/h3-13H,2,14H2,1H3. The molecular formula is C23H18FNO4. The molecule has 0 saturated carbocycles. The Labute approximate surface area is 166 Å². The normalized spacial score (nSPS) is 10.8. The van der Waals surface area contributed by atoms with Gasteiger partial charge < -0.3 is 14.0 Å². The third-order valence-electron chi connectivity index (χ3n) is 4.44. The summed E-state index contributed by atoms with van der Waals surface area (Å²) in [5.41, 5.74) is 1.04. The molecule has 0 fully saturated rings. The van der Waals surface area contributed by atoms with E-state index in [4.69, 9.17) is 14.0 Å². The Morgan fingerprint density at radius 1 is 1.07 bits per heavy atom. The van der Waals surface area contributed by atoms with Gasteiger partial charge in [0.25, 0.3) is 0 Å². The van der Waals surface area contributed by atoms with Crippen LogP contribution in [0.2, 0.25) is 0 Å². The van der Waals surface area contributed by atoms with E-state index in [0.29, 0.717) is 29.2 Å². The molecule has 0 atom stereocenters. The van der Waals surface area contributed by atoms with Crippen LogP contribution in [0.4, 0.5) is 4.39 Å². The molecular weight excluding hydrogens is 373 g/mol. The van der Waals surface area contributed by atoms with Gasteiger partial charge in [0, 0.05) is 6.07 Å². The zero-order chi connectivity index (χ0) is 20.2. The summed E-state index contributed by atoms with van der Waals surface area (Å²) in [7, 11) is 0. The minimum atomic E-state index is -0.527. The average molecular weight is 391 g/mol. The molecule has 146 valence electrons. The van der Waals surface area contributed by atoms with Crippen LogP contribution in [0.5, 0.6) is 5.75 Å². The maximum absolute atomic E-state index is 13.9. The maximum Gasteiger partial charge on any atom is 0.342 e. The van der Waals surface area contributed by atoms with Gasteiger partial charge in [-0.1, -0.05) is 47.6 Å².